The van der Waals surface area contributed by atoms with E-state index in [4.69, 9.17) is 9.47 Å². The fourth-order valence-electron chi connectivity index (χ4n) is 3.25. The summed E-state index contributed by atoms with van der Waals surface area (Å²) in [5, 5.41) is 14.5. The van der Waals surface area contributed by atoms with Gasteiger partial charge in [-0.15, -0.1) is 10.2 Å². The standard InChI is InChI=1S/C24H27N5O6S/c1-5-29-20(13-25-22(31)16-8-11-18(33-2)19(12-16)34-3)27-28-24(29)36-14-21(30)26-17-9-6-15(7-10-17)23(32)35-4/h6-12H,5,13-14H2,1-4H3,(H,25,31)(H,26,30). The molecule has 1 aromatic heterocycles. The average Bonchev–Trinajstić information content (AvgIpc) is 3.31. The van der Waals surface area contributed by atoms with Gasteiger partial charge in [-0.3, -0.25) is 9.59 Å². The Morgan fingerprint density at radius 1 is 0.944 bits per heavy atom. The lowest BCUT2D eigenvalue weighted by Crippen LogP contribution is -2.25. The Balaban J connectivity index is 1.56. The second-order valence-electron chi connectivity index (χ2n) is 7.30. The van der Waals surface area contributed by atoms with E-state index in [0.29, 0.717) is 45.8 Å². The summed E-state index contributed by atoms with van der Waals surface area (Å²) < 4.78 is 16.9. The Hall–Kier alpha value is -4.06. The normalized spacial score (nSPS) is 10.4. The highest BCUT2D eigenvalue weighted by Gasteiger charge is 2.16. The number of hydrogen-bond donors (Lipinski definition) is 2. The molecule has 0 unspecified atom stereocenters. The number of thioether (sulfide) groups is 1. The van der Waals surface area contributed by atoms with E-state index in [-0.39, 0.29) is 24.1 Å². The van der Waals surface area contributed by atoms with Crippen molar-refractivity contribution in [3.05, 3.63) is 59.4 Å². The largest absolute Gasteiger partial charge is 0.493 e. The molecular formula is C24H27N5O6S. The van der Waals surface area contributed by atoms with Gasteiger partial charge in [-0.1, -0.05) is 11.8 Å². The molecule has 12 heteroatoms. The number of carbonyl (C=O) groups excluding carboxylic acids is 3. The highest BCUT2D eigenvalue weighted by molar-refractivity contribution is 7.99. The van der Waals surface area contributed by atoms with Crippen molar-refractivity contribution in [1.82, 2.24) is 20.1 Å². The van der Waals surface area contributed by atoms with Crippen LogP contribution in [0.15, 0.2) is 47.6 Å². The van der Waals surface area contributed by atoms with Gasteiger partial charge in [0.15, 0.2) is 22.5 Å². The topological polar surface area (TPSA) is 134 Å². The summed E-state index contributed by atoms with van der Waals surface area (Å²) in [4.78, 5) is 36.5. The zero-order valence-corrected chi connectivity index (χ0v) is 21.2. The fraction of sp³-hybridized carbons (Fsp3) is 0.292. The molecule has 0 spiro atoms. The van der Waals surface area contributed by atoms with Crippen LogP contribution >= 0.6 is 11.8 Å². The van der Waals surface area contributed by atoms with Crippen LogP contribution in [-0.2, 0) is 22.6 Å². The molecule has 11 nitrogen and oxygen atoms in total. The van der Waals surface area contributed by atoms with Crippen molar-refractivity contribution in [2.45, 2.75) is 25.2 Å². The van der Waals surface area contributed by atoms with E-state index in [1.54, 1.807) is 42.5 Å². The monoisotopic (exact) mass is 513 g/mol. The van der Waals surface area contributed by atoms with Gasteiger partial charge in [0, 0.05) is 17.8 Å². The summed E-state index contributed by atoms with van der Waals surface area (Å²) in [6, 6.07) is 11.3. The molecule has 0 aliphatic rings. The third-order valence-electron chi connectivity index (χ3n) is 5.08. The van der Waals surface area contributed by atoms with Gasteiger partial charge in [-0.25, -0.2) is 4.79 Å². The van der Waals surface area contributed by atoms with Crippen molar-refractivity contribution in [2.75, 3.05) is 32.4 Å². The number of nitrogens with zero attached hydrogens (tertiary/aromatic N) is 3. The zero-order valence-electron chi connectivity index (χ0n) is 20.4. The van der Waals surface area contributed by atoms with E-state index < -0.39 is 5.97 Å². The lowest BCUT2D eigenvalue weighted by molar-refractivity contribution is -0.113. The summed E-state index contributed by atoms with van der Waals surface area (Å²) in [6.45, 7) is 2.65. The van der Waals surface area contributed by atoms with Gasteiger partial charge in [-0.05, 0) is 49.4 Å². The first-order chi connectivity index (χ1) is 17.4. The van der Waals surface area contributed by atoms with E-state index in [9.17, 15) is 14.4 Å². The van der Waals surface area contributed by atoms with Gasteiger partial charge in [0.2, 0.25) is 5.91 Å². The molecule has 0 saturated heterocycles. The quantitative estimate of drug-likeness (QED) is 0.293. The molecule has 3 aromatic rings. The van der Waals surface area contributed by atoms with Crippen LogP contribution in [-0.4, -0.2) is 59.6 Å². The molecule has 3 rings (SSSR count). The number of amides is 2. The van der Waals surface area contributed by atoms with Crippen molar-refractivity contribution in [1.29, 1.82) is 0 Å². The second kappa shape index (κ2) is 12.6. The van der Waals surface area contributed by atoms with E-state index in [1.165, 1.54) is 33.1 Å². The summed E-state index contributed by atoms with van der Waals surface area (Å²) in [7, 11) is 4.34. The number of carbonyl (C=O) groups is 3. The van der Waals surface area contributed by atoms with Crippen molar-refractivity contribution >= 4 is 35.2 Å². The lowest BCUT2D eigenvalue weighted by Gasteiger charge is -2.11. The Bertz CT molecular complexity index is 1230. The lowest BCUT2D eigenvalue weighted by atomic mass is 10.2. The van der Waals surface area contributed by atoms with E-state index in [0.717, 1.165) is 0 Å². The van der Waals surface area contributed by atoms with Crippen LogP contribution in [0, 0.1) is 0 Å². The first kappa shape index (κ1) is 26.5. The number of aromatic nitrogens is 3. The molecule has 36 heavy (non-hydrogen) atoms. The van der Waals surface area contributed by atoms with Gasteiger partial charge in [-0.2, -0.15) is 0 Å². The SMILES string of the molecule is CCn1c(CNC(=O)c2ccc(OC)c(OC)c2)nnc1SCC(=O)Nc1ccc(C(=O)OC)cc1. The highest BCUT2D eigenvalue weighted by Crippen LogP contribution is 2.27. The summed E-state index contributed by atoms with van der Waals surface area (Å²) in [6.07, 6.45) is 0. The van der Waals surface area contributed by atoms with Crippen molar-refractivity contribution < 1.29 is 28.6 Å². The Labute approximate surface area is 212 Å². The fourth-order valence-corrected chi connectivity index (χ4v) is 4.07. The molecule has 0 aliphatic carbocycles. The molecule has 0 fully saturated rings. The number of anilines is 1. The number of nitrogens with one attached hydrogen (secondary N) is 2. The molecule has 0 bridgehead atoms. The van der Waals surface area contributed by atoms with Crippen LogP contribution in [0.25, 0.3) is 0 Å². The Morgan fingerprint density at radius 3 is 2.28 bits per heavy atom. The number of methoxy groups -OCH3 is 3. The summed E-state index contributed by atoms with van der Waals surface area (Å²) in [5.41, 5.74) is 1.37. The molecule has 190 valence electrons. The maximum atomic E-state index is 12.6. The van der Waals surface area contributed by atoms with E-state index in [2.05, 4.69) is 25.6 Å². The minimum atomic E-state index is -0.446. The number of hydrogen-bond acceptors (Lipinski definition) is 9. The minimum absolute atomic E-state index is 0.106. The second-order valence-corrected chi connectivity index (χ2v) is 8.24. The highest BCUT2D eigenvalue weighted by atomic mass is 32.2. The van der Waals surface area contributed by atoms with Gasteiger partial charge in [0.25, 0.3) is 5.91 Å². The third kappa shape index (κ3) is 6.54. The summed E-state index contributed by atoms with van der Waals surface area (Å²) >= 11 is 1.23. The Morgan fingerprint density at radius 2 is 1.64 bits per heavy atom. The first-order valence-electron chi connectivity index (χ1n) is 10.9. The molecule has 2 aromatic carbocycles. The molecule has 2 amide bonds. The van der Waals surface area contributed by atoms with Gasteiger partial charge in [0.05, 0.1) is 39.2 Å². The van der Waals surface area contributed by atoms with Crippen LogP contribution in [0.1, 0.15) is 33.5 Å². The molecule has 2 N–H and O–H groups in total. The maximum Gasteiger partial charge on any atom is 0.337 e. The number of ether oxygens (including phenoxy) is 3. The van der Waals surface area contributed by atoms with Crippen LogP contribution in [0.3, 0.4) is 0 Å². The van der Waals surface area contributed by atoms with Crippen LogP contribution < -0.4 is 20.1 Å². The van der Waals surface area contributed by atoms with Gasteiger partial charge >= 0.3 is 5.97 Å². The molecule has 0 atom stereocenters. The van der Waals surface area contributed by atoms with E-state index in [1.807, 2.05) is 11.5 Å². The predicted octanol–water partition coefficient (Wildman–Crippen LogP) is 2.76. The van der Waals surface area contributed by atoms with Crippen molar-refractivity contribution in [3.63, 3.8) is 0 Å². The molecular weight excluding hydrogens is 486 g/mol. The van der Waals surface area contributed by atoms with E-state index >= 15 is 0 Å². The maximum absolute atomic E-state index is 12.6. The Kier molecular flexibility index (Phi) is 9.28. The zero-order chi connectivity index (χ0) is 26.1. The van der Waals surface area contributed by atoms with Crippen LogP contribution in [0.2, 0.25) is 0 Å². The predicted molar refractivity (Wildman–Crippen MR) is 134 cm³/mol. The molecule has 0 radical (unpaired) electrons. The minimum Gasteiger partial charge on any atom is -0.493 e. The molecule has 1 heterocycles. The number of benzene rings is 2. The smallest absolute Gasteiger partial charge is 0.337 e. The van der Waals surface area contributed by atoms with Gasteiger partial charge < -0.3 is 29.4 Å². The van der Waals surface area contributed by atoms with Crippen LogP contribution in [0.4, 0.5) is 5.69 Å². The first-order valence-corrected chi connectivity index (χ1v) is 11.9. The van der Waals surface area contributed by atoms with Crippen molar-refractivity contribution in [2.24, 2.45) is 0 Å². The average molecular weight is 514 g/mol. The number of rotatable bonds is 11. The number of esters is 1. The molecule has 0 aliphatic heterocycles. The van der Waals surface area contributed by atoms with Gasteiger partial charge in [0.1, 0.15) is 0 Å². The third-order valence-corrected chi connectivity index (χ3v) is 6.05. The summed E-state index contributed by atoms with van der Waals surface area (Å²) in [5.74, 6) is 0.676. The molecule has 0 saturated carbocycles. The van der Waals surface area contributed by atoms with Crippen LogP contribution in [0.5, 0.6) is 11.5 Å². The van der Waals surface area contributed by atoms with Crippen molar-refractivity contribution in [3.8, 4) is 11.5 Å².